The molecule has 1 fully saturated rings. The number of hydrogen-bond donors (Lipinski definition) is 1. The number of nitrogens with two attached hydrogens (primary N) is 1. The maximum Gasteiger partial charge on any atom is 0.217 e. The third-order valence-electron chi connectivity index (χ3n) is 3.88. The van der Waals surface area contributed by atoms with Gasteiger partial charge in [0.1, 0.15) is 0 Å². The topological polar surface area (TPSA) is 43.1 Å². The van der Waals surface area contributed by atoms with Crippen molar-refractivity contribution >= 4 is 5.91 Å². The van der Waals surface area contributed by atoms with Crippen LogP contribution in [0.1, 0.15) is 39.5 Å². The van der Waals surface area contributed by atoms with Gasteiger partial charge in [-0.05, 0) is 42.4 Å². The minimum atomic E-state index is -0.168. The molecule has 0 aromatic carbocycles. The second-order valence-corrected chi connectivity index (χ2v) is 6.05. The van der Waals surface area contributed by atoms with Gasteiger partial charge in [0.05, 0.1) is 0 Å². The highest BCUT2D eigenvalue weighted by molar-refractivity contribution is 5.74. The van der Waals surface area contributed by atoms with Crippen LogP contribution < -0.4 is 5.73 Å². The molecule has 0 saturated heterocycles. The highest BCUT2D eigenvalue weighted by Gasteiger charge is 2.38. The molecule has 1 amide bonds. The van der Waals surface area contributed by atoms with Gasteiger partial charge < -0.3 is 5.73 Å². The molecule has 2 bridgehead atoms. The fourth-order valence-corrected chi connectivity index (χ4v) is 3.38. The molecule has 1 saturated carbocycles. The third-order valence-corrected chi connectivity index (χ3v) is 3.88. The van der Waals surface area contributed by atoms with Crippen molar-refractivity contribution in [3.8, 4) is 0 Å². The van der Waals surface area contributed by atoms with Crippen LogP contribution in [0.5, 0.6) is 0 Å². The summed E-state index contributed by atoms with van der Waals surface area (Å²) in [6, 6.07) is 0. The van der Waals surface area contributed by atoms with Crippen LogP contribution in [0, 0.1) is 23.2 Å². The molecule has 2 nitrogen and oxygen atoms in total. The summed E-state index contributed by atoms with van der Waals surface area (Å²) in [6.07, 6.45) is 9.06. The van der Waals surface area contributed by atoms with Crippen LogP contribution in [0.3, 0.4) is 0 Å². The summed E-state index contributed by atoms with van der Waals surface area (Å²) >= 11 is 0. The molecule has 15 heavy (non-hydrogen) atoms. The van der Waals surface area contributed by atoms with E-state index in [1.165, 1.54) is 12.8 Å². The molecule has 0 aromatic heterocycles. The third kappa shape index (κ3) is 2.42. The van der Waals surface area contributed by atoms with E-state index >= 15 is 0 Å². The second kappa shape index (κ2) is 3.66. The van der Waals surface area contributed by atoms with Crippen molar-refractivity contribution in [3.63, 3.8) is 0 Å². The molecule has 2 rings (SSSR count). The normalized spacial score (nSPS) is 33.6. The summed E-state index contributed by atoms with van der Waals surface area (Å²) in [4.78, 5) is 11.0. The number of primary amides is 1. The Morgan fingerprint density at radius 3 is 2.60 bits per heavy atom. The summed E-state index contributed by atoms with van der Waals surface area (Å²) in [7, 11) is 0. The minimum Gasteiger partial charge on any atom is -0.370 e. The monoisotopic (exact) mass is 207 g/mol. The Morgan fingerprint density at radius 1 is 1.40 bits per heavy atom. The molecule has 2 N–H and O–H groups in total. The molecule has 0 aliphatic heterocycles. The van der Waals surface area contributed by atoms with Crippen LogP contribution in [-0.4, -0.2) is 5.91 Å². The van der Waals surface area contributed by atoms with Crippen molar-refractivity contribution in [3.05, 3.63) is 12.2 Å². The predicted molar refractivity (Wildman–Crippen MR) is 61.1 cm³/mol. The van der Waals surface area contributed by atoms with E-state index in [0.29, 0.717) is 6.42 Å². The van der Waals surface area contributed by atoms with Gasteiger partial charge in [-0.25, -0.2) is 0 Å². The van der Waals surface area contributed by atoms with Crippen LogP contribution >= 0.6 is 0 Å². The first-order valence-corrected chi connectivity index (χ1v) is 5.93. The quantitative estimate of drug-likeness (QED) is 0.707. The Kier molecular flexibility index (Phi) is 2.61. The second-order valence-electron chi connectivity index (χ2n) is 6.05. The van der Waals surface area contributed by atoms with Gasteiger partial charge >= 0.3 is 0 Å². The van der Waals surface area contributed by atoms with E-state index < -0.39 is 0 Å². The van der Waals surface area contributed by atoms with Gasteiger partial charge in [-0.15, -0.1) is 0 Å². The van der Waals surface area contributed by atoms with E-state index in [-0.39, 0.29) is 11.3 Å². The Balaban J connectivity index is 1.91. The van der Waals surface area contributed by atoms with Crippen LogP contribution in [0.4, 0.5) is 0 Å². The maximum atomic E-state index is 11.0. The van der Waals surface area contributed by atoms with E-state index in [0.717, 1.165) is 24.2 Å². The molecule has 0 radical (unpaired) electrons. The molecule has 2 heteroatoms. The smallest absolute Gasteiger partial charge is 0.217 e. The number of fused-ring (bicyclic) bond motifs is 2. The Labute approximate surface area is 91.9 Å². The molecule has 0 aromatic rings. The maximum absolute atomic E-state index is 11.0. The largest absolute Gasteiger partial charge is 0.370 e. The number of amides is 1. The zero-order valence-electron chi connectivity index (χ0n) is 9.70. The summed E-state index contributed by atoms with van der Waals surface area (Å²) in [5, 5.41) is 0. The molecule has 0 heterocycles. The number of carbonyl (C=O) groups excluding carboxylic acids is 1. The Hall–Kier alpha value is -0.790. The zero-order valence-corrected chi connectivity index (χ0v) is 9.70. The summed E-state index contributed by atoms with van der Waals surface area (Å²) < 4.78 is 0. The predicted octanol–water partition coefficient (Wildman–Crippen LogP) is 2.49. The van der Waals surface area contributed by atoms with Gasteiger partial charge in [-0.3, -0.25) is 4.79 Å². The van der Waals surface area contributed by atoms with Crippen molar-refractivity contribution in [2.24, 2.45) is 28.9 Å². The lowest BCUT2D eigenvalue weighted by Crippen LogP contribution is -2.26. The lowest BCUT2D eigenvalue weighted by atomic mass is 9.76. The lowest BCUT2D eigenvalue weighted by molar-refractivity contribution is -0.120. The zero-order chi connectivity index (χ0) is 11.1. The Morgan fingerprint density at radius 2 is 2.13 bits per heavy atom. The van der Waals surface area contributed by atoms with Crippen LogP contribution in [0.25, 0.3) is 0 Å². The Bertz CT molecular complexity index is 293. The van der Waals surface area contributed by atoms with E-state index in [9.17, 15) is 4.79 Å². The standard InChI is InChI=1S/C13H21NO/c1-13(2,8-12(14)15)7-11-6-9-3-4-10(11)5-9/h3-4,9-11H,5-8H2,1-2H3,(H2,14,15). The first kappa shape index (κ1) is 10.7. The van der Waals surface area contributed by atoms with Gasteiger partial charge in [0.2, 0.25) is 5.91 Å². The molecule has 3 unspecified atom stereocenters. The van der Waals surface area contributed by atoms with Gasteiger partial charge in [0.25, 0.3) is 0 Å². The van der Waals surface area contributed by atoms with E-state index in [1.54, 1.807) is 0 Å². The minimum absolute atomic E-state index is 0.0782. The molecule has 0 spiro atoms. The number of carbonyl (C=O) groups is 1. The fourth-order valence-electron chi connectivity index (χ4n) is 3.38. The average Bonchev–Trinajstić information content (AvgIpc) is 2.60. The summed E-state index contributed by atoms with van der Waals surface area (Å²) in [6.45, 7) is 4.32. The highest BCUT2D eigenvalue weighted by Crippen LogP contribution is 2.48. The van der Waals surface area contributed by atoms with Crippen molar-refractivity contribution < 1.29 is 4.79 Å². The van der Waals surface area contributed by atoms with Crippen molar-refractivity contribution in [1.29, 1.82) is 0 Å². The molecule has 2 aliphatic carbocycles. The SMILES string of the molecule is CC(C)(CC(N)=O)CC1CC2C=CC1C2. The lowest BCUT2D eigenvalue weighted by Gasteiger charge is -2.29. The van der Waals surface area contributed by atoms with Gasteiger partial charge in [0.15, 0.2) is 0 Å². The molecular formula is C13H21NO. The number of allylic oxidation sites excluding steroid dienone is 2. The van der Waals surface area contributed by atoms with Crippen LogP contribution in [0.15, 0.2) is 12.2 Å². The van der Waals surface area contributed by atoms with Crippen LogP contribution in [-0.2, 0) is 4.79 Å². The summed E-state index contributed by atoms with van der Waals surface area (Å²) in [5.41, 5.74) is 5.35. The van der Waals surface area contributed by atoms with Crippen molar-refractivity contribution in [2.75, 3.05) is 0 Å². The average molecular weight is 207 g/mol. The van der Waals surface area contributed by atoms with Gasteiger partial charge in [-0.1, -0.05) is 26.0 Å². The number of rotatable bonds is 4. The van der Waals surface area contributed by atoms with Crippen molar-refractivity contribution in [2.45, 2.75) is 39.5 Å². The highest BCUT2D eigenvalue weighted by atomic mass is 16.1. The first-order chi connectivity index (χ1) is 6.96. The number of hydrogen-bond acceptors (Lipinski definition) is 1. The molecular weight excluding hydrogens is 186 g/mol. The van der Waals surface area contributed by atoms with Gasteiger partial charge in [0, 0.05) is 6.42 Å². The van der Waals surface area contributed by atoms with Crippen molar-refractivity contribution in [1.82, 2.24) is 0 Å². The van der Waals surface area contributed by atoms with E-state index in [2.05, 4.69) is 26.0 Å². The molecule has 84 valence electrons. The first-order valence-electron chi connectivity index (χ1n) is 5.93. The van der Waals surface area contributed by atoms with Crippen LogP contribution in [0.2, 0.25) is 0 Å². The van der Waals surface area contributed by atoms with E-state index in [4.69, 9.17) is 5.73 Å². The summed E-state index contributed by atoms with van der Waals surface area (Å²) in [5.74, 6) is 2.22. The van der Waals surface area contributed by atoms with Gasteiger partial charge in [-0.2, -0.15) is 0 Å². The van der Waals surface area contributed by atoms with E-state index in [1.807, 2.05) is 0 Å². The molecule has 2 aliphatic rings. The fraction of sp³-hybridized carbons (Fsp3) is 0.769. The molecule has 3 atom stereocenters.